The topological polar surface area (TPSA) is 60.2 Å². The molecule has 1 aliphatic carbocycles. The molecule has 0 saturated carbocycles. The molecular weight excluding hydrogens is 238 g/mol. The summed E-state index contributed by atoms with van der Waals surface area (Å²) in [6.07, 6.45) is 5.83. The number of aromatic nitrogens is 1. The first-order chi connectivity index (χ1) is 9.28. The van der Waals surface area contributed by atoms with Crippen molar-refractivity contribution in [2.75, 3.05) is 18.0 Å². The van der Waals surface area contributed by atoms with E-state index in [0.29, 0.717) is 5.56 Å². The lowest BCUT2D eigenvalue weighted by molar-refractivity contribution is 0.145. The highest BCUT2D eigenvalue weighted by molar-refractivity contribution is 5.56. The number of hydrogen-bond acceptors (Lipinski definition) is 4. The fourth-order valence-corrected chi connectivity index (χ4v) is 3.02. The highest BCUT2D eigenvalue weighted by Crippen LogP contribution is 2.28. The predicted molar refractivity (Wildman–Crippen MR) is 73.0 cm³/mol. The van der Waals surface area contributed by atoms with Gasteiger partial charge in [-0.25, -0.2) is 4.98 Å². The Hall–Kier alpha value is -1.60. The molecule has 19 heavy (non-hydrogen) atoms. The number of fused-ring (bicyclic) bond motifs is 1. The van der Waals surface area contributed by atoms with Crippen molar-refractivity contribution in [2.24, 2.45) is 0 Å². The van der Waals surface area contributed by atoms with Crippen molar-refractivity contribution in [3.8, 4) is 6.07 Å². The van der Waals surface area contributed by atoms with Gasteiger partial charge < -0.3 is 10.0 Å². The molecule has 0 spiro atoms. The number of rotatable bonds is 1. The Kier molecular flexibility index (Phi) is 3.39. The van der Waals surface area contributed by atoms with Gasteiger partial charge >= 0.3 is 0 Å². The Morgan fingerprint density at radius 3 is 2.74 bits per heavy atom. The number of nitriles is 1. The standard InChI is InChI=1S/C15H19N3O/c16-10-12-9-11-3-1-2-4-14(11)17-15(12)18-7-5-13(19)6-8-18/h9,13,19H,1-8H2. The van der Waals surface area contributed by atoms with Crippen molar-refractivity contribution in [3.63, 3.8) is 0 Å². The van der Waals surface area contributed by atoms with Crippen LogP contribution in [0.1, 0.15) is 42.5 Å². The molecule has 2 heterocycles. The van der Waals surface area contributed by atoms with Gasteiger partial charge in [0.2, 0.25) is 0 Å². The molecule has 100 valence electrons. The molecule has 0 atom stereocenters. The maximum Gasteiger partial charge on any atom is 0.146 e. The van der Waals surface area contributed by atoms with Crippen LogP contribution in [0.3, 0.4) is 0 Å². The number of nitrogens with zero attached hydrogens (tertiary/aromatic N) is 3. The smallest absolute Gasteiger partial charge is 0.146 e. The van der Waals surface area contributed by atoms with Gasteiger partial charge in [-0.3, -0.25) is 0 Å². The van der Waals surface area contributed by atoms with E-state index in [1.807, 2.05) is 6.07 Å². The van der Waals surface area contributed by atoms with Gasteiger partial charge in [0, 0.05) is 18.8 Å². The predicted octanol–water partition coefficient (Wildman–Crippen LogP) is 1.79. The van der Waals surface area contributed by atoms with Crippen molar-refractivity contribution in [3.05, 3.63) is 22.9 Å². The molecule has 1 aromatic heterocycles. The Labute approximate surface area is 113 Å². The molecule has 1 saturated heterocycles. The largest absolute Gasteiger partial charge is 0.393 e. The molecule has 4 heteroatoms. The average Bonchev–Trinajstić information content (AvgIpc) is 2.46. The van der Waals surface area contributed by atoms with Crippen LogP contribution >= 0.6 is 0 Å². The van der Waals surface area contributed by atoms with Crippen LogP contribution in [0, 0.1) is 11.3 Å². The first-order valence-electron chi connectivity index (χ1n) is 7.14. The molecular formula is C15H19N3O. The number of aliphatic hydroxyl groups excluding tert-OH is 1. The van der Waals surface area contributed by atoms with E-state index in [9.17, 15) is 10.4 Å². The maximum atomic E-state index is 9.58. The van der Waals surface area contributed by atoms with E-state index >= 15 is 0 Å². The number of hydrogen-bond donors (Lipinski definition) is 1. The normalized spacial score (nSPS) is 19.9. The highest BCUT2D eigenvalue weighted by atomic mass is 16.3. The molecule has 0 aromatic carbocycles. The van der Waals surface area contributed by atoms with Crippen molar-refractivity contribution in [1.82, 2.24) is 4.98 Å². The van der Waals surface area contributed by atoms with E-state index in [1.165, 1.54) is 24.1 Å². The lowest BCUT2D eigenvalue weighted by Gasteiger charge is -2.32. The second-order valence-corrected chi connectivity index (χ2v) is 5.50. The molecule has 0 unspecified atom stereocenters. The van der Waals surface area contributed by atoms with Crippen LogP contribution in [0.5, 0.6) is 0 Å². The second-order valence-electron chi connectivity index (χ2n) is 5.50. The van der Waals surface area contributed by atoms with E-state index in [0.717, 1.165) is 44.6 Å². The Bertz CT molecular complexity index is 513. The van der Waals surface area contributed by atoms with Crippen LogP contribution in [0.2, 0.25) is 0 Å². The average molecular weight is 257 g/mol. The van der Waals surface area contributed by atoms with Gasteiger partial charge in [-0.15, -0.1) is 0 Å². The lowest BCUT2D eigenvalue weighted by Crippen LogP contribution is -2.37. The molecule has 1 N–H and O–H groups in total. The number of anilines is 1. The quantitative estimate of drug-likeness (QED) is 0.833. The van der Waals surface area contributed by atoms with Crippen LogP contribution in [0.15, 0.2) is 6.07 Å². The third-order valence-electron chi connectivity index (χ3n) is 4.17. The minimum Gasteiger partial charge on any atom is -0.393 e. The zero-order valence-corrected chi connectivity index (χ0v) is 11.1. The summed E-state index contributed by atoms with van der Waals surface area (Å²) in [5.41, 5.74) is 3.12. The second kappa shape index (κ2) is 5.18. The summed E-state index contributed by atoms with van der Waals surface area (Å²) >= 11 is 0. The van der Waals surface area contributed by atoms with Gasteiger partial charge in [0.25, 0.3) is 0 Å². The Morgan fingerprint density at radius 1 is 1.26 bits per heavy atom. The number of piperidine rings is 1. The summed E-state index contributed by atoms with van der Waals surface area (Å²) in [4.78, 5) is 6.91. The van der Waals surface area contributed by atoms with Crippen LogP contribution < -0.4 is 4.90 Å². The van der Waals surface area contributed by atoms with E-state index < -0.39 is 0 Å². The summed E-state index contributed by atoms with van der Waals surface area (Å²) < 4.78 is 0. The SMILES string of the molecule is N#Cc1cc2c(nc1N1CCC(O)CC1)CCCC2. The fraction of sp³-hybridized carbons (Fsp3) is 0.600. The third-order valence-corrected chi connectivity index (χ3v) is 4.17. The lowest BCUT2D eigenvalue weighted by atomic mass is 9.94. The van der Waals surface area contributed by atoms with Crippen molar-refractivity contribution >= 4 is 5.82 Å². The molecule has 1 aliphatic heterocycles. The first kappa shape index (κ1) is 12.4. The molecule has 1 aromatic rings. The number of aliphatic hydroxyl groups is 1. The summed E-state index contributed by atoms with van der Waals surface area (Å²) in [7, 11) is 0. The molecule has 2 aliphatic rings. The monoisotopic (exact) mass is 257 g/mol. The summed E-state index contributed by atoms with van der Waals surface area (Å²) in [6, 6.07) is 4.32. The summed E-state index contributed by atoms with van der Waals surface area (Å²) in [6.45, 7) is 1.59. The minimum atomic E-state index is -0.195. The van der Waals surface area contributed by atoms with Gasteiger partial charge in [-0.2, -0.15) is 5.26 Å². The van der Waals surface area contributed by atoms with Crippen LogP contribution in [-0.2, 0) is 12.8 Å². The molecule has 1 fully saturated rings. The Morgan fingerprint density at radius 2 is 2.00 bits per heavy atom. The molecule has 0 amide bonds. The first-order valence-corrected chi connectivity index (χ1v) is 7.14. The van der Waals surface area contributed by atoms with Crippen molar-refractivity contribution in [1.29, 1.82) is 5.26 Å². The van der Waals surface area contributed by atoms with Crippen LogP contribution in [0.4, 0.5) is 5.82 Å². The van der Waals surface area contributed by atoms with Crippen molar-refractivity contribution in [2.45, 2.75) is 44.6 Å². The third kappa shape index (κ3) is 2.43. The molecule has 4 nitrogen and oxygen atoms in total. The molecule has 0 radical (unpaired) electrons. The van der Waals surface area contributed by atoms with Gasteiger partial charge in [-0.05, 0) is 50.2 Å². The van der Waals surface area contributed by atoms with Crippen molar-refractivity contribution < 1.29 is 5.11 Å². The molecule has 3 rings (SSSR count). The fourth-order valence-electron chi connectivity index (χ4n) is 3.02. The van der Waals surface area contributed by atoms with E-state index in [2.05, 4.69) is 11.0 Å². The van der Waals surface area contributed by atoms with Crippen LogP contribution in [0.25, 0.3) is 0 Å². The van der Waals surface area contributed by atoms with Gasteiger partial charge in [0.15, 0.2) is 0 Å². The summed E-state index contributed by atoms with van der Waals surface area (Å²) in [5, 5.41) is 18.9. The van der Waals surface area contributed by atoms with Gasteiger partial charge in [0.05, 0.1) is 11.7 Å². The zero-order chi connectivity index (χ0) is 13.2. The maximum absolute atomic E-state index is 9.58. The molecule has 0 bridgehead atoms. The number of pyridine rings is 1. The van der Waals surface area contributed by atoms with Gasteiger partial charge in [-0.1, -0.05) is 0 Å². The van der Waals surface area contributed by atoms with Gasteiger partial charge in [0.1, 0.15) is 11.9 Å². The minimum absolute atomic E-state index is 0.195. The van der Waals surface area contributed by atoms with E-state index in [4.69, 9.17) is 4.98 Å². The van der Waals surface area contributed by atoms with E-state index in [-0.39, 0.29) is 6.10 Å². The zero-order valence-electron chi connectivity index (χ0n) is 11.1. The number of aryl methyl sites for hydroxylation is 2. The summed E-state index contributed by atoms with van der Waals surface area (Å²) in [5.74, 6) is 0.829. The highest BCUT2D eigenvalue weighted by Gasteiger charge is 2.23. The van der Waals surface area contributed by atoms with E-state index in [1.54, 1.807) is 0 Å². The van der Waals surface area contributed by atoms with Crippen LogP contribution in [-0.4, -0.2) is 29.3 Å². The Balaban J connectivity index is 1.93.